The van der Waals surface area contributed by atoms with Crippen molar-refractivity contribution in [3.63, 3.8) is 0 Å². The Kier molecular flexibility index (Phi) is 5.91. The molecular formula is C23H30N4O2S. The zero-order valence-electron chi connectivity index (χ0n) is 18.2. The summed E-state index contributed by atoms with van der Waals surface area (Å²) in [5, 5.41) is 9.00. The number of aromatic nitrogens is 3. The molecule has 2 aliphatic rings. The SMILES string of the molecule is CCCCCSc1nc2n(n1)C(c1ccc(OC)cc1)C1=C(CC(C)(C)CC1=O)N2. The highest BCUT2D eigenvalue weighted by atomic mass is 32.2. The van der Waals surface area contributed by atoms with Crippen molar-refractivity contribution >= 4 is 23.5 Å². The number of carbonyl (C=O) groups is 1. The lowest BCUT2D eigenvalue weighted by molar-refractivity contribution is -0.118. The number of carbonyl (C=O) groups excluding carboxylic acids is 1. The molecule has 0 saturated heterocycles. The topological polar surface area (TPSA) is 69.0 Å². The third-order valence-electron chi connectivity index (χ3n) is 5.72. The van der Waals surface area contributed by atoms with Crippen molar-refractivity contribution in [3.05, 3.63) is 41.1 Å². The number of fused-ring (bicyclic) bond motifs is 1. The number of hydrogen-bond acceptors (Lipinski definition) is 6. The van der Waals surface area contributed by atoms with Crippen LogP contribution in [0.25, 0.3) is 0 Å². The standard InChI is InChI=1S/C23H30N4O2S/c1-5-6-7-12-30-22-25-21-24-17-13-23(2,3)14-18(28)19(17)20(27(21)26-22)15-8-10-16(29-4)11-9-15/h8-11,20H,5-7,12-14H2,1-4H3,(H,24,25,26). The van der Waals surface area contributed by atoms with Crippen LogP contribution < -0.4 is 10.1 Å². The fourth-order valence-electron chi connectivity index (χ4n) is 4.26. The summed E-state index contributed by atoms with van der Waals surface area (Å²) in [5.74, 6) is 2.71. The molecule has 6 nitrogen and oxygen atoms in total. The zero-order valence-corrected chi connectivity index (χ0v) is 19.0. The van der Waals surface area contributed by atoms with Crippen LogP contribution in [0.1, 0.15) is 64.5 Å². The van der Waals surface area contributed by atoms with Crippen molar-refractivity contribution in [1.82, 2.24) is 14.8 Å². The van der Waals surface area contributed by atoms with Crippen molar-refractivity contribution in [1.29, 1.82) is 0 Å². The van der Waals surface area contributed by atoms with Gasteiger partial charge >= 0.3 is 0 Å². The van der Waals surface area contributed by atoms with E-state index in [4.69, 9.17) is 14.8 Å². The monoisotopic (exact) mass is 426 g/mol. The lowest BCUT2D eigenvalue weighted by atomic mass is 9.73. The lowest BCUT2D eigenvalue weighted by Crippen LogP contribution is -2.36. The quantitative estimate of drug-likeness (QED) is 0.483. The molecule has 7 heteroatoms. The van der Waals surface area contributed by atoms with Gasteiger partial charge in [0.25, 0.3) is 0 Å². The van der Waals surface area contributed by atoms with Gasteiger partial charge < -0.3 is 10.1 Å². The molecule has 1 aromatic heterocycles. The molecule has 0 amide bonds. The van der Waals surface area contributed by atoms with Crippen molar-refractivity contribution in [3.8, 4) is 5.75 Å². The molecule has 0 spiro atoms. The Morgan fingerprint density at radius 2 is 2.00 bits per heavy atom. The van der Waals surface area contributed by atoms with Gasteiger partial charge in [0.05, 0.1) is 7.11 Å². The number of rotatable bonds is 7. The van der Waals surface area contributed by atoms with E-state index >= 15 is 0 Å². The average molecular weight is 427 g/mol. The van der Waals surface area contributed by atoms with Gasteiger partial charge in [-0.05, 0) is 36.0 Å². The fourth-order valence-corrected chi connectivity index (χ4v) is 5.09. The number of unbranched alkanes of at least 4 members (excludes halogenated alkanes) is 2. The van der Waals surface area contributed by atoms with Crippen molar-refractivity contribution in [2.75, 3.05) is 18.2 Å². The lowest BCUT2D eigenvalue weighted by Gasteiger charge is -2.38. The summed E-state index contributed by atoms with van der Waals surface area (Å²) >= 11 is 1.68. The number of benzene rings is 1. The van der Waals surface area contributed by atoms with Gasteiger partial charge in [0.2, 0.25) is 11.1 Å². The van der Waals surface area contributed by atoms with Gasteiger partial charge in [-0.15, -0.1) is 5.10 Å². The summed E-state index contributed by atoms with van der Waals surface area (Å²) < 4.78 is 7.21. The highest BCUT2D eigenvalue weighted by molar-refractivity contribution is 7.99. The van der Waals surface area contributed by atoms with Crippen LogP contribution in [0.3, 0.4) is 0 Å². The van der Waals surface area contributed by atoms with Crippen LogP contribution in [-0.2, 0) is 4.79 Å². The van der Waals surface area contributed by atoms with E-state index in [1.165, 1.54) is 12.8 Å². The number of thioether (sulfide) groups is 1. The summed E-state index contributed by atoms with van der Waals surface area (Å²) in [6.07, 6.45) is 4.94. The molecule has 4 rings (SSSR count). The molecule has 0 fully saturated rings. The molecule has 0 saturated carbocycles. The van der Waals surface area contributed by atoms with Crippen LogP contribution in [0, 0.1) is 5.41 Å². The third kappa shape index (κ3) is 4.13. The molecule has 1 unspecified atom stereocenters. The van der Waals surface area contributed by atoms with E-state index in [1.54, 1.807) is 18.9 Å². The van der Waals surface area contributed by atoms with E-state index in [9.17, 15) is 4.79 Å². The smallest absolute Gasteiger partial charge is 0.227 e. The predicted molar refractivity (Wildman–Crippen MR) is 120 cm³/mol. The van der Waals surface area contributed by atoms with Crippen LogP contribution >= 0.6 is 11.8 Å². The van der Waals surface area contributed by atoms with Crippen molar-refractivity contribution in [2.24, 2.45) is 5.41 Å². The van der Waals surface area contributed by atoms with Gasteiger partial charge in [0.15, 0.2) is 5.78 Å². The summed E-state index contributed by atoms with van der Waals surface area (Å²) in [5.41, 5.74) is 2.76. The molecule has 160 valence electrons. The van der Waals surface area contributed by atoms with E-state index in [-0.39, 0.29) is 17.2 Å². The Labute approximate surface area is 182 Å². The van der Waals surface area contributed by atoms with Crippen LogP contribution in [0.5, 0.6) is 5.75 Å². The number of anilines is 1. The Morgan fingerprint density at radius 3 is 2.70 bits per heavy atom. The third-order valence-corrected chi connectivity index (χ3v) is 6.65. The van der Waals surface area contributed by atoms with E-state index in [0.717, 1.165) is 52.3 Å². The van der Waals surface area contributed by atoms with Crippen LogP contribution in [0.15, 0.2) is 40.7 Å². The first-order chi connectivity index (χ1) is 14.4. The molecule has 1 aromatic carbocycles. The van der Waals surface area contributed by atoms with Crippen LogP contribution in [0.4, 0.5) is 5.95 Å². The average Bonchev–Trinajstić information content (AvgIpc) is 3.11. The van der Waals surface area contributed by atoms with Gasteiger partial charge in [-0.25, -0.2) is 4.68 Å². The number of methoxy groups -OCH3 is 1. The van der Waals surface area contributed by atoms with E-state index in [2.05, 4.69) is 26.1 Å². The number of hydrogen-bond donors (Lipinski definition) is 1. The maximum Gasteiger partial charge on any atom is 0.227 e. The Morgan fingerprint density at radius 1 is 1.23 bits per heavy atom. The minimum absolute atomic E-state index is 0.0622. The van der Waals surface area contributed by atoms with Crippen LogP contribution in [0.2, 0.25) is 0 Å². The Balaban J connectivity index is 1.72. The van der Waals surface area contributed by atoms with E-state index in [1.807, 2.05) is 28.9 Å². The molecule has 30 heavy (non-hydrogen) atoms. The van der Waals surface area contributed by atoms with E-state index in [0.29, 0.717) is 6.42 Å². The van der Waals surface area contributed by atoms with E-state index < -0.39 is 0 Å². The number of Topliss-reactive ketones (excluding diaryl/α,β-unsaturated/α-hetero) is 1. The molecule has 1 aliphatic carbocycles. The molecule has 1 atom stereocenters. The highest BCUT2D eigenvalue weighted by Gasteiger charge is 2.41. The number of allylic oxidation sites excluding steroid dienone is 2. The van der Waals surface area contributed by atoms with Gasteiger partial charge in [-0.2, -0.15) is 4.98 Å². The fraction of sp³-hybridized carbons (Fsp3) is 0.522. The number of nitrogens with one attached hydrogen (secondary N) is 1. The van der Waals surface area contributed by atoms with Gasteiger partial charge in [-0.3, -0.25) is 4.79 Å². The maximum absolute atomic E-state index is 13.2. The molecule has 0 radical (unpaired) electrons. The van der Waals surface area contributed by atoms with Gasteiger partial charge in [0, 0.05) is 23.4 Å². The first-order valence-corrected chi connectivity index (χ1v) is 11.7. The first kappa shape index (κ1) is 21.0. The van der Waals surface area contributed by atoms with Gasteiger partial charge in [0.1, 0.15) is 11.8 Å². The molecule has 2 heterocycles. The molecule has 2 aromatic rings. The molecular weight excluding hydrogens is 396 g/mol. The zero-order chi connectivity index (χ0) is 21.3. The van der Waals surface area contributed by atoms with Crippen molar-refractivity contribution < 1.29 is 9.53 Å². The normalized spacial score (nSPS) is 19.9. The first-order valence-electron chi connectivity index (χ1n) is 10.7. The van der Waals surface area contributed by atoms with Gasteiger partial charge in [-0.1, -0.05) is 57.5 Å². The second-order valence-corrected chi connectivity index (χ2v) is 9.91. The predicted octanol–water partition coefficient (Wildman–Crippen LogP) is 5.23. The van der Waals surface area contributed by atoms with Crippen LogP contribution in [-0.4, -0.2) is 33.4 Å². The molecule has 0 bridgehead atoms. The summed E-state index contributed by atoms with van der Waals surface area (Å²) in [4.78, 5) is 18.0. The molecule has 1 N–H and O–H groups in total. The maximum atomic E-state index is 13.2. The second-order valence-electron chi connectivity index (χ2n) is 8.85. The summed E-state index contributed by atoms with van der Waals surface area (Å²) in [7, 11) is 1.66. The Hall–Kier alpha value is -2.28. The number of nitrogens with zero attached hydrogens (tertiary/aromatic N) is 3. The molecule has 1 aliphatic heterocycles. The number of ether oxygens (including phenoxy) is 1. The minimum Gasteiger partial charge on any atom is -0.497 e. The number of ketones is 1. The summed E-state index contributed by atoms with van der Waals surface area (Å²) in [6.45, 7) is 6.50. The largest absolute Gasteiger partial charge is 0.497 e. The highest BCUT2D eigenvalue weighted by Crippen LogP contribution is 2.45. The summed E-state index contributed by atoms with van der Waals surface area (Å²) in [6, 6.07) is 7.65. The Bertz CT molecular complexity index is 962. The van der Waals surface area contributed by atoms with Crippen molar-refractivity contribution in [2.45, 2.75) is 64.1 Å². The second kappa shape index (κ2) is 8.46. The minimum atomic E-state index is -0.261.